The van der Waals surface area contributed by atoms with E-state index in [0.29, 0.717) is 69.1 Å². The fraction of sp³-hybridized carbons (Fsp3) is 0.367. The van der Waals surface area contributed by atoms with Gasteiger partial charge >= 0.3 is 0 Å². The Labute approximate surface area is 646 Å². The van der Waals surface area contributed by atoms with Crippen LogP contribution in [0.2, 0.25) is 0 Å². The van der Waals surface area contributed by atoms with E-state index in [4.69, 9.17) is 37.2 Å². The summed E-state index contributed by atoms with van der Waals surface area (Å²) in [6, 6.07) is 21.6. The third-order valence-corrected chi connectivity index (χ3v) is 13.9. The van der Waals surface area contributed by atoms with Crippen molar-refractivity contribution in [1.82, 2.24) is 21.3 Å². The van der Waals surface area contributed by atoms with Gasteiger partial charge in [0.05, 0.1) is 12.1 Å². The van der Waals surface area contributed by atoms with Crippen LogP contribution < -0.4 is 30.7 Å². The van der Waals surface area contributed by atoms with Crippen LogP contribution in [0.15, 0.2) is 88.1 Å². The molecule has 0 atom stereocenters. The first-order valence-corrected chi connectivity index (χ1v) is 33.6. The van der Waals surface area contributed by atoms with Gasteiger partial charge in [0.2, 0.25) is 0 Å². The minimum Gasteiger partial charge on any atom is -0.492 e. The summed E-state index contributed by atoms with van der Waals surface area (Å²) in [6.45, 7) is 30.0. The lowest BCUT2D eigenvalue weighted by Gasteiger charge is -2.24. The minimum absolute atomic E-state index is 0.119. The molecule has 0 radical (unpaired) electrons. The van der Waals surface area contributed by atoms with E-state index in [0.717, 1.165) is 29.7 Å². The van der Waals surface area contributed by atoms with Crippen LogP contribution in [0.25, 0.3) is 31.3 Å². The van der Waals surface area contributed by atoms with Crippen LogP contribution in [-0.2, 0) is 11.2 Å². The third-order valence-electron chi connectivity index (χ3n) is 13.9. The second-order valence-electron chi connectivity index (χ2n) is 26.0. The van der Waals surface area contributed by atoms with Crippen molar-refractivity contribution < 1.29 is 28.6 Å². The van der Waals surface area contributed by atoms with Crippen molar-refractivity contribution in [3.63, 3.8) is 0 Å². The zero-order chi connectivity index (χ0) is 81.4. The van der Waals surface area contributed by atoms with E-state index >= 15 is 0 Å². The standard InChI is InChI=1S/C37H4.C19H31N5O3.C18H27N3O.C16H25N5O2/c1-3-5-7-9-11-13-15-17-19-21-23-25-27-29-31-33-35-37-36-34-32-30-28-26-24-22-20-18-16-14-12-10-8-6-4-2;1-18(2,23-24-20)10-12-26-13-11-22-17(25)15-6-8-16(9-7-15)27-14-19(3,4)21-5;1-6-17(2,3)12-11-16(22)15-9-7-14(8-10-15)13-18(4,5)20-21-19;1-15(2,20-21-17)10-19-14(22)12-6-8-13(9-7-12)23-11-16(3,4)18-5/h1H,2H3;6-9,21H,10-14H2,1-5H3,(H,22,25);7-10H,6,11-13H2,1-5H3;6-9,18H,10-11H2,1-5H3,(H,19,22). The summed E-state index contributed by atoms with van der Waals surface area (Å²) in [4.78, 5) is 44.9. The number of benzene rings is 3. The van der Waals surface area contributed by atoms with Gasteiger partial charge in [-0.05, 0) is 239 Å². The number of hydrogen-bond donors (Lipinski definition) is 4. The molecule has 0 heterocycles. The third kappa shape index (κ3) is 53.2. The molecule has 19 heteroatoms. The summed E-state index contributed by atoms with van der Waals surface area (Å²) in [5.74, 6) is 88.1. The number of hydrogen-bond acceptors (Lipinski definition) is 11. The summed E-state index contributed by atoms with van der Waals surface area (Å²) in [7, 11) is 3.77. The van der Waals surface area contributed by atoms with Gasteiger partial charge in [-0.25, -0.2) is 0 Å². The number of likely N-dealkylation sites (N-methyl/N-ethyl adjacent to an activating group) is 2. The van der Waals surface area contributed by atoms with Crippen LogP contribution in [0.5, 0.6) is 11.5 Å². The maximum atomic E-state index is 12.2. The molecule has 0 saturated carbocycles. The Kier molecular flexibility index (Phi) is 48.9. The summed E-state index contributed by atoms with van der Waals surface area (Å²) in [6.07, 6.45) is 8.79. The van der Waals surface area contributed by atoms with Crippen LogP contribution in [0.4, 0.5) is 0 Å². The molecule has 0 aliphatic heterocycles. The number of ether oxygens (including phenoxy) is 3. The molecule has 0 unspecified atom stereocenters. The van der Waals surface area contributed by atoms with Gasteiger partial charge in [0, 0.05) is 186 Å². The molecule has 548 valence electrons. The average Bonchev–Trinajstić information content (AvgIpc) is 0.874. The molecule has 0 fully saturated rings. The van der Waals surface area contributed by atoms with Gasteiger partial charge in [-0.3, -0.25) is 14.4 Å². The number of rotatable bonds is 28. The maximum absolute atomic E-state index is 12.2. The monoisotopic (exact) mass is 1450 g/mol. The molecule has 4 N–H and O–H groups in total. The average molecular weight is 1450 g/mol. The van der Waals surface area contributed by atoms with Gasteiger partial charge in [0.1, 0.15) is 24.7 Å². The fourth-order valence-electron chi connectivity index (χ4n) is 6.87. The number of carbonyl (C=O) groups is 3. The van der Waals surface area contributed by atoms with Crippen LogP contribution in [0.1, 0.15) is 159 Å². The molecule has 0 aliphatic carbocycles. The lowest BCUT2D eigenvalue weighted by molar-refractivity contribution is 0.0899. The number of ketones is 1. The molecule has 0 spiro atoms. The van der Waals surface area contributed by atoms with Crippen molar-refractivity contribution in [1.29, 1.82) is 0 Å². The zero-order valence-electron chi connectivity index (χ0n) is 64.8. The number of Topliss-reactive ketones (excluding diaryl/α,β-unsaturated/α-hetero) is 1. The highest BCUT2D eigenvalue weighted by Crippen LogP contribution is 2.27. The first kappa shape index (κ1) is 94.8. The summed E-state index contributed by atoms with van der Waals surface area (Å²) in [5, 5.41) is 23.0. The van der Waals surface area contributed by atoms with E-state index in [1.165, 1.54) is 0 Å². The Morgan fingerprint density at radius 1 is 0.431 bits per heavy atom. The predicted octanol–water partition coefficient (Wildman–Crippen LogP) is 12.6. The fourth-order valence-corrected chi connectivity index (χ4v) is 6.87. The summed E-state index contributed by atoms with van der Waals surface area (Å²) < 4.78 is 16.9. The molecule has 3 aromatic carbocycles. The molecular weight excluding hydrogens is 1360 g/mol. The molecule has 0 aromatic heterocycles. The highest BCUT2D eigenvalue weighted by molar-refractivity contribution is 5.96. The minimum atomic E-state index is -0.661. The van der Waals surface area contributed by atoms with Crippen molar-refractivity contribution >= 4 is 17.6 Å². The van der Waals surface area contributed by atoms with Gasteiger partial charge < -0.3 is 35.5 Å². The van der Waals surface area contributed by atoms with Crippen LogP contribution in [-0.4, -0.2) is 98.9 Å². The van der Waals surface area contributed by atoms with Gasteiger partial charge in [-0.2, -0.15) is 0 Å². The van der Waals surface area contributed by atoms with Crippen molar-refractivity contribution in [3.05, 3.63) is 126 Å². The van der Waals surface area contributed by atoms with Crippen molar-refractivity contribution in [2.24, 2.45) is 20.8 Å². The number of terminal acetylenes is 1. The Balaban J connectivity index is 0.00000146. The maximum Gasteiger partial charge on any atom is 0.251 e. The molecule has 0 saturated heterocycles. The SMILES string of the molecule is C#CC#CC#CC#CC#CC#CC#CC#CC#CC#CC#CC#CC#CC#CC#CC#CC#CC#CC.CCC(C)(C)CCC(=O)c1ccc(CC(C)(C)N=[N+]=[N-])cc1.CNC(C)(C)COc1ccc(C(=O)NCC(C)(C)N=[N+]=[N-])cc1.CNC(C)(C)COc1ccc(C(=O)NCCOCCC(C)(C)N=[N+]=[N-])cc1. The molecule has 3 aromatic rings. The van der Waals surface area contributed by atoms with Crippen LogP contribution in [0, 0.1) is 219 Å². The molecule has 0 aliphatic rings. The van der Waals surface area contributed by atoms with Gasteiger partial charge in [-0.15, -0.1) is 6.42 Å². The number of nitrogens with one attached hydrogen (secondary N) is 4. The quantitative estimate of drug-likeness (QED) is 0.0135. The zero-order valence-corrected chi connectivity index (χ0v) is 64.8. The second-order valence-corrected chi connectivity index (χ2v) is 26.0. The van der Waals surface area contributed by atoms with E-state index < -0.39 is 16.6 Å². The Bertz CT molecular complexity index is 5000. The lowest BCUT2D eigenvalue weighted by Crippen LogP contribution is -2.42. The number of azide groups is 3. The highest BCUT2D eigenvalue weighted by atomic mass is 16.5. The summed E-state index contributed by atoms with van der Waals surface area (Å²) >= 11 is 0. The normalized spacial score (nSPS) is 9.02. The van der Waals surface area contributed by atoms with Crippen molar-refractivity contribution in [2.75, 3.05) is 53.6 Å². The highest BCUT2D eigenvalue weighted by Gasteiger charge is 2.22. The number of nitrogens with zero attached hydrogens (tertiary/aromatic N) is 9. The van der Waals surface area contributed by atoms with Crippen LogP contribution in [0.3, 0.4) is 0 Å². The molecule has 3 rings (SSSR count). The second kappa shape index (κ2) is 56.2. The van der Waals surface area contributed by atoms with Gasteiger partial charge in [-0.1, -0.05) is 114 Å². The molecule has 2 amide bonds. The molecule has 109 heavy (non-hydrogen) atoms. The van der Waals surface area contributed by atoms with E-state index in [-0.39, 0.29) is 40.6 Å². The summed E-state index contributed by atoms with van der Waals surface area (Å²) in [5.41, 5.74) is 26.8. The van der Waals surface area contributed by atoms with Crippen LogP contribution >= 0.6 is 0 Å². The number of carbonyl (C=O) groups excluding carboxylic acids is 3. The first-order valence-electron chi connectivity index (χ1n) is 33.6. The van der Waals surface area contributed by atoms with Crippen molar-refractivity contribution in [3.8, 4) is 225 Å². The largest absolute Gasteiger partial charge is 0.492 e. The van der Waals surface area contributed by atoms with E-state index in [1.54, 1.807) is 69.3 Å². The Hall–Kier alpha value is -14.2. The van der Waals surface area contributed by atoms with Crippen molar-refractivity contribution in [2.45, 2.75) is 157 Å². The number of amides is 2. The van der Waals surface area contributed by atoms with E-state index in [2.05, 4.69) is 293 Å². The Morgan fingerprint density at radius 2 is 0.761 bits per heavy atom. The topological polar surface area (TPSA) is 273 Å². The van der Waals surface area contributed by atoms with E-state index in [1.807, 2.05) is 79.9 Å². The Morgan fingerprint density at radius 3 is 1.10 bits per heavy atom. The molecule has 0 bridgehead atoms. The first-order chi connectivity index (χ1) is 52.0. The lowest BCUT2D eigenvalue weighted by atomic mass is 9.84. The van der Waals surface area contributed by atoms with Gasteiger partial charge in [0.25, 0.3) is 11.8 Å². The molecular formula is C90H87N13O6. The predicted molar refractivity (Wildman–Crippen MR) is 434 cm³/mol. The smallest absolute Gasteiger partial charge is 0.251 e. The van der Waals surface area contributed by atoms with E-state index in [9.17, 15) is 14.4 Å². The van der Waals surface area contributed by atoms with Gasteiger partial charge in [0.15, 0.2) is 5.78 Å². The molecule has 19 nitrogen and oxygen atoms in total.